The fourth-order valence-electron chi connectivity index (χ4n) is 4.39. The Labute approximate surface area is 175 Å². The number of allylic oxidation sites excluding steroid dienone is 1. The SMILES string of the molecule is C[C@@H]1Cc2ncnc(N3CC(S(C)(=O)=O)C3)c2CN1c1cc(Cl)nc2c1C=CC2. The van der Waals surface area contributed by atoms with Crippen LogP contribution in [0, 0.1) is 0 Å². The van der Waals surface area contributed by atoms with Crippen molar-refractivity contribution < 1.29 is 8.42 Å². The summed E-state index contributed by atoms with van der Waals surface area (Å²) in [5, 5.41) is 0.183. The van der Waals surface area contributed by atoms with E-state index in [1.165, 1.54) is 6.26 Å². The van der Waals surface area contributed by atoms with Crippen molar-refractivity contribution in [3.8, 4) is 0 Å². The number of pyridine rings is 1. The largest absolute Gasteiger partial charge is 0.363 e. The van der Waals surface area contributed by atoms with Crippen LogP contribution in [-0.4, -0.2) is 54.0 Å². The first kappa shape index (κ1) is 18.8. The van der Waals surface area contributed by atoms with E-state index in [0.717, 1.165) is 46.9 Å². The van der Waals surface area contributed by atoms with Crippen molar-refractivity contribution in [1.29, 1.82) is 0 Å². The first-order chi connectivity index (χ1) is 13.8. The number of sulfone groups is 1. The van der Waals surface area contributed by atoms with Gasteiger partial charge in [-0.25, -0.2) is 23.4 Å². The van der Waals surface area contributed by atoms with Crippen LogP contribution in [0.15, 0.2) is 18.5 Å². The minimum absolute atomic E-state index is 0.252. The van der Waals surface area contributed by atoms with Crippen LogP contribution in [0.5, 0.6) is 0 Å². The van der Waals surface area contributed by atoms with Crippen molar-refractivity contribution in [3.05, 3.63) is 46.1 Å². The van der Waals surface area contributed by atoms with Gasteiger partial charge in [-0.05, 0) is 13.0 Å². The number of rotatable bonds is 3. The van der Waals surface area contributed by atoms with Gasteiger partial charge in [0.05, 0.1) is 16.6 Å². The standard InChI is InChI=1S/C20H22ClN5O2S/c1-12-6-17-15(20(23-11-22-17)25-8-13(9-25)29(2,27)28)10-26(12)18-7-19(21)24-16-5-3-4-14(16)18/h3-4,7,11-13H,5-6,8-10H2,1-2H3/t12-/m1/s1. The predicted molar refractivity (Wildman–Crippen MR) is 114 cm³/mol. The molecule has 0 bridgehead atoms. The topological polar surface area (TPSA) is 79.3 Å². The van der Waals surface area contributed by atoms with Crippen LogP contribution in [-0.2, 0) is 29.2 Å². The molecule has 5 rings (SSSR count). The summed E-state index contributed by atoms with van der Waals surface area (Å²) in [5.41, 5.74) is 5.33. The number of halogens is 1. The summed E-state index contributed by atoms with van der Waals surface area (Å²) in [4.78, 5) is 17.9. The summed E-state index contributed by atoms with van der Waals surface area (Å²) in [6.45, 7) is 3.81. The molecule has 0 unspecified atom stereocenters. The maximum absolute atomic E-state index is 11.8. The second-order valence-electron chi connectivity index (χ2n) is 8.09. The molecule has 2 aliphatic heterocycles. The molecule has 2 aromatic heterocycles. The van der Waals surface area contributed by atoms with E-state index in [-0.39, 0.29) is 11.3 Å². The normalized spacial score (nSPS) is 21.1. The Bertz CT molecular complexity index is 1130. The lowest BCUT2D eigenvalue weighted by Gasteiger charge is -2.43. The minimum Gasteiger partial charge on any atom is -0.363 e. The molecule has 29 heavy (non-hydrogen) atoms. The molecule has 7 nitrogen and oxygen atoms in total. The highest BCUT2D eigenvalue weighted by molar-refractivity contribution is 7.91. The molecule has 1 fully saturated rings. The molecule has 152 valence electrons. The summed E-state index contributed by atoms with van der Waals surface area (Å²) in [7, 11) is -3.03. The fraction of sp³-hybridized carbons (Fsp3) is 0.450. The van der Waals surface area contributed by atoms with E-state index >= 15 is 0 Å². The summed E-state index contributed by atoms with van der Waals surface area (Å²) in [5.74, 6) is 0.846. The van der Waals surface area contributed by atoms with Crippen LogP contribution in [0.25, 0.3) is 6.08 Å². The smallest absolute Gasteiger partial charge is 0.153 e. The van der Waals surface area contributed by atoms with E-state index in [9.17, 15) is 8.42 Å². The number of aromatic nitrogens is 3. The highest BCUT2D eigenvalue weighted by atomic mass is 35.5. The van der Waals surface area contributed by atoms with E-state index in [2.05, 4.69) is 38.9 Å². The molecule has 0 N–H and O–H groups in total. The zero-order valence-corrected chi connectivity index (χ0v) is 17.9. The average molecular weight is 432 g/mol. The van der Waals surface area contributed by atoms with Crippen molar-refractivity contribution in [3.63, 3.8) is 0 Å². The average Bonchev–Trinajstić information content (AvgIpc) is 3.06. The Morgan fingerprint density at radius 1 is 1.21 bits per heavy atom. The maximum Gasteiger partial charge on any atom is 0.153 e. The van der Waals surface area contributed by atoms with Gasteiger partial charge in [-0.3, -0.25) is 0 Å². The lowest BCUT2D eigenvalue weighted by Crippen LogP contribution is -2.55. The number of hydrogen-bond acceptors (Lipinski definition) is 7. The predicted octanol–water partition coefficient (Wildman–Crippen LogP) is 2.28. The van der Waals surface area contributed by atoms with Gasteiger partial charge in [0.15, 0.2) is 9.84 Å². The van der Waals surface area contributed by atoms with Gasteiger partial charge in [0, 0.05) is 61.6 Å². The van der Waals surface area contributed by atoms with Gasteiger partial charge < -0.3 is 9.80 Å². The Morgan fingerprint density at radius 2 is 2.00 bits per heavy atom. The van der Waals surface area contributed by atoms with Gasteiger partial charge in [0.1, 0.15) is 17.3 Å². The zero-order chi connectivity index (χ0) is 20.3. The third-order valence-corrected chi connectivity index (χ3v) is 7.81. The molecule has 1 saturated heterocycles. The summed E-state index contributed by atoms with van der Waals surface area (Å²) in [6.07, 6.45) is 8.72. The summed E-state index contributed by atoms with van der Waals surface area (Å²) >= 11 is 6.31. The maximum atomic E-state index is 11.8. The van der Waals surface area contributed by atoms with Gasteiger partial charge >= 0.3 is 0 Å². The molecule has 0 amide bonds. The van der Waals surface area contributed by atoms with Gasteiger partial charge in [-0.1, -0.05) is 23.8 Å². The number of nitrogens with zero attached hydrogens (tertiary/aromatic N) is 5. The van der Waals surface area contributed by atoms with Crippen LogP contribution < -0.4 is 9.80 Å². The Hall–Kier alpha value is -2.19. The Balaban J connectivity index is 1.50. The van der Waals surface area contributed by atoms with Crippen molar-refractivity contribution in [1.82, 2.24) is 15.0 Å². The highest BCUT2D eigenvalue weighted by Gasteiger charge is 2.38. The van der Waals surface area contributed by atoms with Crippen molar-refractivity contribution in [2.24, 2.45) is 0 Å². The minimum atomic E-state index is -3.03. The molecular formula is C20H22ClN5O2S. The molecular weight excluding hydrogens is 410 g/mol. The molecule has 0 aromatic carbocycles. The number of fused-ring (bicyclic) bond motifs is 2. The number of anilines is 2. The van der Waals surface area contributed by atoms with E-state index < -0.39 is 9.84 Å². The van der Waals surface area contributed by atoms with Crippen molar-refractivity contribution in [2.75, 3.05) is 29.1 Å². The molecule has 2 aromatic rings. The van der Waals surface area contributed by atoms with E-state index in [4.69, 9.17) is 11.6 Å². The third kappa shape index (κ3) is 3.18. The Kier molecular flexibility index (Phi) is 4.33. The molecule has 0 saturated carbocycles. The summed E-state index contributed by atoms with van der Waals surface area (Å²) in [6, 6.07) is 2.19. The van der Waals surface area contributed by atoms with Gasteiger partial charge in [0.25, 0.3) is 0 Å². The second kappa shape index (κ2) is 6.67. The molecule has 1 atom stereocenters. The fourth-order valence-corrected chi connectivity index (χ4v) is 5.50. The van der Waals surface area contributed by atoms with Crippen molar-refractivity contribution >= 4 is 39.0 Å². The Morgan fingerprint density at radius 3 is 2.76 bits per heavy atom. The highest BCUT2D eigenvalue weighted by Crippen LogP contribution is 2.38. The molecule has 1 aliphatic carbocycles. The van der Waals surface area contributed by atoms with Crippen LogP contribution in [0.2, 0.25) is 5.15 Å². The van der Waals surface area contributed by atoms with E-state index in [1.807, 2.05) is 11.0 Å². The molecule has 4 heterocycles. The molecule has 3 aliphatic rings. The lowest BCUT2D eigenvalue weighted by molar-refractivity contribution is 0.535. The van der Waals surface area contributed by atoms with E-state index in [1.54, 1.807) is 6.33 Å². The zero-order valence-electron chi connectivity index (χ0n) is 16.3. The first-order valence-corrected chi connectivity index (χ1v) is 12.0. The summed E-state index contributed by atoms with van der Waals surface area (Å²) < 4.78 is 23.6. The van der Waals surface area contributed by atoms with Crippen LogP contribution >= 0.6 is 11.6 Å². The quantitative estimate of drug-likeness (QED) is 0.689. The van der Waals surface area contributed by atoms with Gasteiger partial charge in [0.2, 0.25) is 0 Å². The molecule has 0 radical (unpaired) electrons. The van der Waals surface area contributed by atoms with Gasteiger partial charge in [-0.2, -0.15) is 0 Å². The monoisotopic (exact) mass is 431 g/mol. The first-order valence-electron chi connectivity index (χ1n) is 9.70. The molecule has 0 spiro atoms. The number of hydrogen-bond donors (Lipinski definition) is 0. The van der Waals surface area contributed by atoms with Crippen molar-refractivity contribution in [2.45, 2.75) is 37.6 Å². The molecule has 9 heteroatoms. The van der Waals surface area contributed by atoms with Crippen LogP contribution in [0.3, 0.4) is 0 Å². The van der Waals surface area contributed by atoms with Crippen LogP contribution in [0.1, 0.15) is 29.4 Å². The van der Waals surface area contributed by atoms with E-state index in [0.29, 0.717) is 24.8 Å². The lowest BCUT2D eigenvalue weighted by atomic mass is 9.97. The van der Waals surface area contributed by atoms with Gasteiger partial charge in [-0.15, -0.1) is 0 Å². The third-order valence-electron chi connectivity index (χ3n) is 6.10. The van der Waals surface area contributed by atoms with Crippen LogP contribution in [0.4, 0.5) is 11.5 Å². The second-order valence-corrected chi connectivity index (χ2v) is 10.8.